The van der Waals surface area contributed by atoms with Crippen LogP contribution in [0.3, 0.4) is 0 Å². The van der Waals surface area contributed by atoms with Crippen molar-refractivity contribution in [2.24, 2.45) is 0 Å². The Morgan fingerprint density at radius 1 is 1.28 bits per heavy atom. The molecule has 0 aliphatic heterocycles. The average molecular weight is 356 g/mol. The zero-order valence-electron chi connectivity index (χ0n) is 14.6. The van der Waals surface area contributed by atoms with Crippen LogP contribution in [-0.2, 0) is 11.2 Å². The van der Waals surface area contributed by atoms with Crippen molar-refractivity contribution in [3.05, 3.63) is 47.0 Å². The number of aromatic nitrogens is 1. The van der Waals surface area contributed by atoms with Crippen molar-refractivity contribution in [3.63, 3.8) is 0 Å². The first-order chi connectivity index (χ1) is 12.2. The number of carbonyl (C=O) groups excluding carboxylic acids is 1. The second-order valence-electron chi connectivity index (χ2n) is 6.26. The quantitative estimate of drug-likeness (QED) is 0.750. The summed E-state index contributed by atoms with van der Waals surface area (Å²) in [4.78, 5) is 16.7. The molecule has 2 aromatic rings. The zero-order valence-corrected chi connectivity index (χ0v) is 15.4. The lowest BCUT2D eigenvalue weighted by molar-refractivity contribution is -0.120. The molecule has 0 unspecified atom stereocenters. The first kappa shape index (κ1) is 17.7. The van der Waals surface area contributed by atoms with Crippen LogP contribution in [0.2, 0.25) is 0 Å². The number of hydrogen-bond donors (Lipinski definition) is 1. The predicted molar refractivity (Wildman–Crippen MR) is 102 cm³/mol. The third-order valence-corrected chi connectivity index (χ3v) is 5.32. The van der Waals surface area contributed by atoms with E-state index in [0.29, 0.717) is 6.42 Å². The Morgan fingerprint density at radius 3 is 2.84 bits per heavy atom. The number of allylic oxidation sites excluding steroid dienone is 1. The fourth-order valence-electron chi connectivity index (χ4n) is 2.98. The highest BCUT2D eigenvalue weighted by Gasteiger charge is 2.10. The van der Waals surface area contributed by atoms with Gasteiger partial charge in [0, 0.05) is 17.5 Å². The molecule has 0 fully saturated rings. The minimum Gasteiger partial charge on any atom is -0.497 e. The Kier molecular flexibility index (Phi) is 6.23. The van der Waals surface area contributed by atoms with Crippen LogP contribution in [-0.4, -0.2) is 24.5 Å². The summed E-state index contributed by atoms with van der Waals surface area (Å²) in [6, 6.07) is 7.81. The second-order valence-corrected chi connectivity index (χ2v) is 7.12. The number of nitrogens with zero attached hydrogens (tertiary/aromatic N) is 1. The number of hydrogen-bond acceptors (Lipinski definition) is 4. The molecule has 0 bridgehead atoms. The third kappa shape index (κ3) is 5.16. The van der Waals surface area contributed by atoms with Gasteiger partial charge < -0.3 is 10.1 Å². The molecular formula is C20H24N2O2S. The van der Waals surface area contributed by atoms with Crippen molar-refractivity contribution in [1.29, 1.82) is 0 Å². The molecule has 0 atom stereocenters. The molecule has 1 heterocycles. The Labute approximate surface area is 152 Å². The van der Waals surface area contributed by atoms with E-state index in [1.165, 1.54) is 31.3 Å². The number of nitrogens with one attached hydrogen (secondary N) is 1. The van der Waals surface area contributed by atoms with Gasteiger partial charge in [-0.3, -0.25) is 4.79 Å². The second kappa shape index (κ2) is 8.81. The Balaban J connectivity index is 1.48. The maximum atomic E-state index is 12.1. The molecule has 1 aromatic carbocycles. The van der Waals surface area contributed by atoms with Crippen LogP contribution in [0.4, 0.5) is 0 Å². The van der Waals surface area contributed by atoms with Crippen LogP contribution in [0.5, 0.6) is 5.75 Å². The fourth-order valence-corrected chi connectivity index (χ4v) is 3.80. The molecule has 5 heteroatoms. The standard InChI is InChI=1S/C20H24N2O2S/c1-24-18-9-7-16(8-10-18)20-22-17(14-25-20)13-19(23)21-12-11-15-5-3-2-4-6-15/h5,7-10,14H,2-4,6,11-13H2,1H3,(H,21,23). The molecule has 0 spiro atoms. The normalized spacial score (nSPS) is 14.0. The van der Waals surface area contributed by atoms with Crippen LogP contribution in [0.1, 0.15) is 37.8 Å². The number of ether oxygens (including phenoxy) is 1. The molecule has 1 aliphatic rings. The topological polar surface area (TPSA) is 51.2 Å². The highest BCUT2D eigenvalue weighted by atomic mass is 32.1. The smallest absolute Gasteiger partial charge is 0.226 e. The molecule has 0 saturated carbocycles. The van der Waals surface area contributed by atoms with E-state index < -0.39 is 0 Å². The molecule has 3 rings (SSSR count). The zero-order chi connectivity index (χ0) is 17.5. The molecular weight excluding hydrogens is 332 g/mol. The minimum absolute atomic E-state index is 0.0444. The van der Waals surface area contributed by atoms with Crippen LogP contribution in [0, 0.1) is 0 Å². The Hall–Kier alpha value is -2.14. The molecule has 4 nitrogen and oxygen atoms in total. The molecule has 0 radical (unpaired) electrons. The summed E-state index contributed by atoms with van der Waals surface area (Å²) in [5, 5.41) is 5.90. The van der Waals surface area contributed by atoms with Gasteiger partial charge in [0.2, 0.25) is 5.91 Å². The lowest BCUT2D eigenvalue weighted by Gasteiger charge is -2.12. The predicted octanol–water partition coefficient (Wildman–Crippen LogP) is 4.37. The Bertz CT molecular complexity index is 734. The number of benzene rings is 1. The van der Waals surface area contributed by atoms with Gasteiger partial charge >= 0.3 is 0 Å². The van der Waals surface area contributed by atoms with Gasteiger partial charge in [-0.1, -0.05) is 11.6 Å². The number of amides is 1. The van der Waals surface area contributed by atoms with Gasteiger partial charge in [0.15, 0.2) is 0 Å². The maximum absolute atomic E-state index is 12.1. The monoisotopic (exact) mass is 356 g/mol. The number of rotatable bonds is 7. The summed E-state index contributed by atoms with van der Waals surface area (Å²) in [5.74, 6) is 0.871. The number of methoxy groups -OCH3 is 1. The van der Waals surface area contributed by atoms with Gasteiger partial charge in [-0.05, 0) is 56.4 Å². The van der Waals surface area contributed by atoms with Gasteiger partial charge in [-0.15, -0.1) is 11.3 Å². The largest absolute Gasteiger partial charge is 0.497 e. The first-order valence-corrected chi connectivity index (χ1v) is 9.66. The summed E-state index contributed by atoms with van der Waals surface area (Å²) in [7, 11) is 1.65. The van der Waals surface area contributed by atoms with Crippen molar-refractivity contribution >= 4 is 17.2 Å². The first-order valence-electron chi connectivity index (χ1n) is 8.78. The van der Waals surface area contributed by atoms with Crippen LogP contribution >= 0.6 is 11.3 Å². The van der Waals surface area contributed by atoms with Crippen molar-refractivity contribution in [1.82, 2.24) is 10.3 Å². The highest BCUT2D eigenvalue weighted by molar-refractivity contribution is 7.13. The van der Waals surface area contributed by atoms with Gasteiger partial charge in [-0.25, -0.2) is 4.98 Å². The van der Waals surface area contributed by atoms with Crippen LogP contribution < -0.4 is 10.1 Å². The van der Waals surface area contributed by atoms with Gasteiger partial charge in [0.1, 0.15) is 10.8 Å². The van der Waals surface area contributed by atoms with E-state index in [2.05, 4.69) is 16.4 Å². The summed E-state index contributed by atoms with van der Waals surface area (Å²) < 4.78 is 5.17. The fraction of sp³-hybridized carbons (Fsp3) is 0.400. The summed E-state index contributed by atoms with van der Waals surface area (Å²) in [5.41, 5.74) is 3.36. The van der Waals surface area contributed by atoms with Crippen LogP contribution in [0.25, 0.3) is 10.6 Å². The summed E-state index contributed by atoms with van der Waals surface area (Å²) in [6.07, 6.45) is 8.61. The molecule has 0 saturated heterocycles. The van der Waals surface area contributed by atoms with Gasteiger partial charge in [-0.2, -0.15) is 0 Å². The minimum atomic E-state index is 0.0444. The van der Waals surface area contributed by atoms with Gasteiger partial charge in [0.05, 0.1) is 19.2 Å². The van der Waals surface area contributed by atoms with Crippen LogP contribution in [0.15, 0.2) is 41.3 Å². The van der Waals surface area contributed by atoms with E-state index in [-0.39, 0.29) is 5.91 Å². The van der Waals surface area contributed by atoms with E-state index in [9.17, 15) is 4.79 Å². The van der Waals surface area contributed by atoms with E-state index in [0.717, 1.165) is 35.0 Å². The molecule has 1 aliphatic carbocycles. The average Bonchev–Trinajstić information content (AvgIpc) is 3.11. The molecule has 132 valence electrons. The summed E-state index contributed by atoms with van der Waals surface area (Å²) in [6.45, 7) is 0.722. The molecule has 1 amide bonds. The Morgan fingerprint density at radius 2 is 2.12 bits per heavy atom. The van der Waals surface area contributed by atoms with Crippen molar-refractivity contribution in [2.45, 2.75) is 38.5 Å². The lowest BCUT2D eigenvalue weighted by Crippen LogP contribution is -2.26. The van der Waals surface area contributed by atoms with Gasteiger partial charge in [0.25, 0.3) is 0 Å². The molecule has 1 N–H and O–H groups in total. The van der Waals surface area contributed by atoms with E-state index in [1.807, 2.05) is 29.6 Å². The molecule has 1 aromatic heterocycles. The van der Waals surface area contributed by atoms with Crippen molar-refractivity contribution < 1.29 is 9.53 Å². The van der Waals surface area contributed by atoms with Crippen molar-refractivity contribution in [3.8, 4) is 16.3 Å². The number of carbonyl (C=O) groups is 1. The van der Waals surface area contributed by atoms with E-state index in [1.54, 1.807) is 18.4 Å². The van der Waals surface area contributed by atoms with E-state index in [4.69, 9.17) is 4.74 Å². The highest BCUT2D eigenvalue weighted by Crippen LogP contribution is 2.26. The van der Waals surface area contributed by atoms with Crippen molar-refractivity contribution in [2.75, 3.05) is 13.7 Å². The maximum Gasteiger partial charge on any atom is 0.226 e. The third-order valence-electron chi connectivity index (χ3n) is 4.38. The molecule has 25 heavy (non-hydrogen) atoms. The lowest BCUT2D eigenvalue weighted by atomic mass is 9.97. The SMILES string of the molecule is COc1ccc(-c2nc(CC(=O)NCCC3=CCCCC3)cs2)cc1. The van der Waals surface area contributed by atoms with E-state index >= 15 is 0 Å². The number of thiazole rings is 1. The summed E-state index contributed by atoms with van der Waals surface area (Å²) >= 11 is 1.56.